The van der Waals surface area contributed by atoms with Crippen LogP contribution in [0.15, 0.2) is 88.6 Å². The molecule has 0 aliphatic rings. The zero-order valence-corrected chi connectivity index (χ0v) is 14.1. The largest absolute Gasteiger partial charge is 0.166 e. The molecule has 0 aliphatic carbocycles. The molecule has 1 aromatic carbocycles. The van der Waals surface area contributed by atoms with Crippen molar-refractivity contribution in [3.63, 3.8) is 0 Å². The van der Waals surface area contributed by atoms with Gasteiger partial charge in [0, 0.05) is 0 Å². The highest BCUT2D eigenvalue weighted by Gasteiger charge is 2.29. The van der Waals surface area contributed by atoms with Crippen molar-refractivity contribution in [1.82, 2.24) is 0 Å². The summed E-state index contributed by atoms with van der Waals surface area (Å²) < 4.78 is 0. The number of allylic oxidation sites excluding steroid dienone is 6. The van der Waals surface area contributed by atoms with E-state index < -0.39 is 0 Å². The maximum absolute atomic E-state index is 4.01. The van der Waals surface area contributed by atoms with Crippen LogP contribution in [0.3, 0.4) is 0 Å². The lowest BCUT2D eigenvalue weighted by molar-refractivity contribution is 1.22. The molecule has 0 saturated heterocycles. The maximum atomic E-state index is 4.01. The molecule has 110 valence electrons. The second kappa shape index (κ2) is 9.25. The first kappa shape index (κ1) is 17.3. The third-order valence-electron chi connectivity index (χ3n) is 3.02. The average molecular weight is 297 g/mol. The van der Waals surface area contributed by atoms with Crippen molar-refractivity contribution in [1.29, 1.82) is 0 Å². The minimum absolute atomic E-state index is 0.104. The molecule has 0 aromatic heterocycles. The van der Waals surface area contributed by atoms with Crippen LogP contribution in [-0.2, 0) is 10.9 Å². The summed E-state index contributed by atoms with van der Waals surface area (Å²) >= 11 is 0. The Morgan fingerprint density at radius 3 is 2.29 bits per heavy atom. The normalized spacial score (nSPS) is 14.2. The third kappa shape index (κ3) is 4.95. The lowest BCUT2D eigenvalue weighted by atomic mass is 10.2. The van der Waals surface area contributed by atoms with E-state index in [1.165, 1.54) is 20.3 Å². The van der Waals surface area contributed by atoms with Crippen molar-refractivity contribution < 1.29 is 0 Å². The van der Waals surface area contributed by atoms with Crippen molar-refractivity contribution >= 4 is 10.9 Å². The Balaban J connectivity index is 3.37. The van der Waals surface area contributed by atoms with Gasteiger partial charge in [-0.3, -0.25) is 0 Å². The number of hydrogen-bond donors (Lipinski definition) is 0. The highest BCUT2D eigenvalue weighted by Crippen LogP contribution is 2.31. The Labute approximate surface area is 132 Å². The van der Waals surface area contributed by atoms with Crippen molar-refractivity contribution in [2.75, 3.05) is 0 Å². The van der Waals surface area contributed by atoms with E-state index in [0.717, 1.165) is 6.42 Å². The van der Waals surface area contributed by atoms with Gasteiger partial charge in [0.2, 0.25) is 0 Å². The zero-order valence-electron chi connectivity index (χ0n) is 13.3. The molecule has 0 nitrogen and oxygen atoms in total. The minimum Gasteiger partial charge on any atom is -0.0991 e. The van der Waals surface area contributed by atoms with Crippen molar-refractivity contribution in [2.24, 2.45) is 0 Å². The first-order chi connectivity index (χ1) is 10.2. The quantitative estimate of drug-likeness (QED) is 0.421. The molecular weight excluding hydrogens is 272 g/mol. The standard InChI is InChI=1S/C20H25S/c1-6-10-12-19(9-4)21(18(8-3)11-7-2)20-15-13-17(5)14-16-20/h6,8-16H,1,3,7H2,2,4-5H3/q+1/b12-10-,18-11+,19-9+. The van der Waals surface area contributed by atoms with E-state index in [2.05, 4.69) is 76.4 Å². The van der Waals surface area contributed by atoms with Crippen molar-refractivity contribution in [2.45, 2.75) is 32.1 Å². The van der Waals surface area contributed by atoms with Gasteiger partial charge < -0.3 is 0 Å². The lowest BCUT2D eigenvalue weighted by Crippen LogP contribution is -2.07. The second-order valence-electron chi connectivity index (χ2n) is 4.62. The summed E-state index contributed by atoms with van der Waals surface area (Å²) in [7, 11) is -0.104. The molecule has 1 aromatic rings. The van der Waals surface area contributed by atoms with Crippen LogP contribution in [0.25, 0.3) is 0 Å². The molecule has 21 heavy (non-hydrogen) atoms. The van der Waals surface area contributed by atoms with Crippen LogP contribution in [-0.4, -0.2) is 0 Å². The maximum Gasteiger partial charge on any atom is 0.166 e. The molecule has 0 N–H and O–H groups in total. The van der Waals surface area contributed by atoms with Crippen molar-refractivity contribution in [3.8, 4) is 0 Å². The Kier molecular flexibility index (Phi) is 7.63. The van der Waals surface area contributed by atoms with Crippen LogP contribution in [0.5, 0.6) is 0 Å². The molecule has 1 atom stereocenters. The smallest absolute Gasteiger partial charge is 0.0991 e. The number of aryl methyl sites for hydroxylation is 1. The molecule has 0 amide bonds. The van der Waals surface area contributed by atoms with Gasteiger partial charge >= 0.3 is 0 Å². The molecular formula is C20H25S+. The zero-order chi connectivity index (χ0) is 15.7. The van der Waals surface area contributed by atoms with E-state index in [0.29, 0.717) is 0 Å². The van der Waals surface area contributed by atoms with E-state index in [1.807, 2.05) is 18.2 Å². The Morgan fingerprint density at radius 2 is 1.81 bits per heavy atom. The Hall–Kier alpha value is -1.73. The van der Waals surface area contributed by atoms with Gasteiger partial charge in [-0.2, -0.15) is 0 Å². The molecule has 1 unspecified atom stereocenters. The van der Waals surface area contributed by atoms with Gasteiger partial charge in [-0.05, 0) is 56.7 Å². The molecule has 0 saturated carbocycles. The van der Waals surface area contributed by atoms with Crippen LogP contribution < -0.4 is 0 Å². The van der Waals surface area contributed by atoms with Crippen LogP contribution in [0.4, 0.5) is 0 Å². The van der Waals surface area contributed by atoms with E-state index in [1.54, 1.807) is 0 Å². The molecule has 0 spiro atoms. The highest BCUT2D eigenvalue weighted by molar-refractivity contribution is 8.04. The molecule has 1 heteroatoms. The molecule has 1 rings (SSSR count). The van der Waals surface area contributed by atoms with E-state index >= 15 is 0 Å². The number of benzene rings is 1. The van der Waals surface area contributed by atoms with E-state index in [9.17, 15) is 0 Å². The second-order valence-corrected chi connectivity index (χ2v) is 6.65. The van der Waals surface area contributed by atoms with Gasteiger partial charge in [0.15, 0.2) is 14.7 Å². The molecule has 0 radical (unpaired) electrons. The summed E-state index contributed by atoms with van der Waals surface area (Å²) in [6, 6.07) is 8.78. The van der Waals surface area contributed by atoms with Crippen LogP contribution in [0.1, 0.15) is 25.8 Å². The average Bonchev–Trinajstić information content (AvgIpc) is 2.51. The minimum atomic E-state index is -0.104. The molecule has 0 aliphatic heterocycles. The van der Waals surface area contributed by atoms with Crippen LogP contribution in [0, 0.1) is 6.92 Å². The van der Waals surface area contributed by atoms with Crippen molar-refractivity contribution in [3.05, 3.63) is 89.3 Å². The topological polar surface area (TPSA) is 0 Å². The summed E-state index contributed by atoms with van der Waals surface area (Å²) in [4.78, 5) is 3.89. The Morgan fingerprint density at radius 1 is 1.14 bits per heavy atom. The SMILES string of the molecule is C=C/C=C\C(=C/C)[S+](/C(C=C)=C/CC)c1ccc(C)cc1. The fraction of sp³-hybridized carbons (Fsp3) is 0.200. The van der Waals surface area contributed by atoms with Crippen LogP contribution in [0.2, 0.25) is 0 Å². The van der Waals surface area contributed by atoms with Gasteiger partial charge in [0.25, 0.3) is 0 Å². The predicted octanol–water partition coefficient (Wildman–Crippen LogP) is 6.10. The first-order valence-corrected chi connectivity index (χ1v) is 8.49. The molecule has 0 heterocycles. The van der Waals surface area contributed by atoms with Gasteiger partial charge in [-0.25, -0.2) is 0 Å². The lowest BCUT2D eigenvalue weighted by Gasteiger charge is -2.09. The highest BCUT2D eigenvalue weighted by atomic mass is 32.2. The predicted molar refractivity (Wildman–Crippen MR) is 98.5 cm³/mol. The number of hydrogen-bond acceptors (Lipinski definition) is 0. The summed E-state index contributed by atoms with van der Waals surface area (Å²) in [6.45, 7) is 14.1. The van der Waals surface area contributed by atoms with Gasteiger partial charge in [-0.15, -0.1) is 0 Å². The van der Waals surface area contributed by atoms with E-state index in [-0.39, 0.29) is 10.9 Å². The van der Waals surface area contributed by atoms with Crippen LogP contribution >= 0.6 is 0 Å². The van der Waals surface area contributed by atoms with Gasteiger partial charge in [-0.1, -0.05) is 49.9 Å². The fourth-order valence-electron chi connectivity index (χ4n) is 1.98. The fourth-order valence-corrected chi connectivity index (χ4v) is 4.15. The van der Waals surface area contributed by atoms with E-state index in [4.69, 9.17) is 0 Å². The van der Waals surface area contributed by atoms with Gasteiger partial charge in [0.05, 0.1) is 10.9 Å². The summed E-state index contributed by atoms with van der Waals surface area (Å²) in [5.74, 6) is 0. The third-order valence-corrected chi connectivity index (χ3v) is 5.41. The monoisotopic (exact) mass is 297 g/mol. The Bertz CT molecular complexity index is 556. The number of rotatable bonds is 7. The molecule has 0 fully saturated rings. The first-order valence-electron chi connectivity index (χ1n) is 7.26. The summed E-state index contributed by atoms with van der Waals surface area (Å²) in [5, 5.41) is 0. The van der Waals surface area contributed by atoms with Gasteiger partial charge in [0.1, 0.15) is 0 Å². The summed E-state index contributed by atoms with van der Waals surface area (Å²) in [5.41, 5.74) is 1.28. The molecule has 0 bridgehead atoms. The summed E-state index contributed by atoms with van der Waals surface area (Å²) in [6.07, 6.45) is 13.4.